The lowest BCUT2D eigenvalue weighted by molar-refractivity contribution is -0.120. The highest BCUT2D eigenvalue weighted by molar-refractivity contribution is 7.89. The molecule has 1 aliphatic rings. The van der Waals surface area contributed by atoms with E-state index < -0.39 is 10.0 Å². The summed E-state index contributed by atoms with van der Waals surface area (Å²) in [7, 11) is -3.83. The SMILES string of the molecule is CCc1ccccc1NC(=O)C1CCN(S(=O)(=O)c2c(C)noc2/C=C/c2ccco2)CC1. The number of nitrogens with one attached hydrogen (secondary N) is 1. The minimum Gasteiger partial charge on any atom is -0.465 e. The molecule has 0 spiro atoms. The van der Waals surface area contributed by atoms with Crippen LogP contribution in [0.25, 0.3) is 12.2 Å². The Hall–Kier alpha value is -3.17. The van der Waals surface area contributed by atoms with Crippen molar-refractivity contribution in [2.45, 2.75) is 38.0 Å². The van der Waals surface area contributed by atoms with Crippen LogP contribution in [-0.2, 0) is 21.2 Å². The minimum absolute atomic E-state index is 0.0464. The number of carbonyl (C=O) groups excluding carboxylic acids is 1. The van der Waals surface area contributed by atoms with Crippen LogP contribution in [0, 0.1) is 12.8 Å². The van der Waals surface area contributed by atoms with Crippen molar-refractivity contribution < 1.29 is 22.2 Å². The monoisotopic (exact) mass is 469 g/mol. The van der Waals surface area contributed by atoms with E-state index in [1.165, 1.54) is 16.6 Å². The zero-order valence-electron chi connectivity index (χ0n) is 18.7. The number of rotatable bonds is 7. The molecule has 2 aromatic heterocycles. The highest BCUT2D eigenvalue weighted by Crippen LogP contribution is 2.30. The Kier molecular flexibility index (Phi) is 6.80. The summed E-state index contributed by atoms with van der Waals surface area (Å²) in [5.74, 6) is 0.406. The minimum atomic E-state index is -3.83. The molecular weight excluding hydrogens is 442 g/mol. The fourth-order valence-corrected chi connectivity index (χ4v) is 5.74. The molecule has 0 radical (unpaired) electrons. The van der Waals surface area contributed by atoms with E-state index in [-0.39, 0.29) is 35.6 Å². The van der Waals surface area contributed by atoms with Crippen LogP contribution < -0.4 is 5.32 Å². The normalized spacial score (nSPS) is 15.8. The highest BCUT2D eigenvalue weighted by Gasteiger charge is 2.36. The van der Waals surface area contributed by atoms with Crippen molar-refractivity contribution in [2.75, 3.05) is 18.4 Å². The van der Waals surface area contributed by atoms with Crippen LogP contribution in [0.4, 0.5) is 5.69 Å². The van der Waals surface area contributed by atoms with Crippen LogP contribution in [0.5, 0.6) is 0 Å². The molecule has 0 atom stereocenters. The second-order valence-corrected chi connectivity index (χ2v) is 9.86. The van der Waals surface area contributed by atoms with Crippen LogP contribution in [0.15, 0.2) is 56.5 Å². The number of sulfonamides is 1. The third-order valence-corrected chi connectivity index (χ3v) is 7.91. The van der Waals surface area contributed by atoms with E-state index in [9.17, 15) is 13.2 Å². The number of amides is 1. The van der Waals surface area contributed by atoms with Crippen molar-refractivity contribution in [2.24, 2.45) is 5.92 Å². The third-order valence-electron chi connectivity index (χ3n) is 5.85. The first kappa shape index (κ1) is 23.0. The smallest absolute Gasteiger partial charge is 0.248 e. The first-order valence-electron chi connectivity index (χ1n) is 11.0. The number of piperidine rings is 1. The molecule has 1 aliphatic heterocycles. The van der Waals surface area contributed by atoms with Gasteiger partial charge in [-0.25, -0.2) is 8.42 Å². The number of nitrogens with zero attached hydrogens (tertiary/aromatic N) is 2. The molecule has 3 heterocycles. The maximum atomic E-state index is 13.4. The second-order valence-electron chi connectivity index (χ2n) is 7.99. The second kappa shape index (κ2) is 9.76. The van der Waals surface area contributed by atoms with E-state index >= 15 is 0 Å². The number of aryl methyl sites for hydroxylation is 2. The Labute approximate surface area is 193 Å². The summed E-state index contributed by atoms with van der Waals surface area (Å²) >= 11 is 0. The maximum absolute atomic E-state index is 13.4. The van der Waals surface area contributed by atoms with Crippen LogP contribution >= 0.6 is 0 Å². The molecule has 0 bridgehead atoms. The van der Waals surface area contributed by atoms with E-state index in [1.807, 2.05) is 31.2 Å². The number of hydrogen-bond acceptors (Lipinski definition) is 6. The number of benzene rings is 1. The van der Waals surface area contributed by atoms with Gasteiger partial charge in [0.2, 0.25) is 15.9 Å². The van der Waals surface area contributed by atoms with Gasteiger partial charge in [-0.05, 0) is 62.1 Å². The first-order valence-corrected chi connectivity index (χ1v) is 12.4. The summed E-state index contributed by atoms with van der Waals surface area (Å²) in [4.78, 5) is 12.9. The highest BCUT2D eigenvalue weighted by atomic mass is 32.2. The molecule has 33 heavy (non-hydrogen) atoms. The van der Waals surface area contributed by atoms with E-state index in [1.54, 1.807) is 25.1 Å². The first-order chi connectivity index (χ1) is 15.9. The van der Waals surface area contributed by atoms with Crippen LogP contribution in [0.2, 0.25) is 0 Å². The quantitative estimate of drug-likeness (QED) is 0.552. The van der Waals surface area contributed by atoms with Gasteiger partial charge in [0.15, 0.2) is 10.7 Å². The summed E-state index contributed by atoms with van der Waals surface area (Å²) in [5, 5.41) is 6.87. The van der Waals surface area contributed by atoms with Crippen molar-refractivity contribution in [3.63, 3.8) is 0 Å². The summed E-state index contributed by atoms with van der Waals surface area (Å²) in [5.41, 5.74) is 2.18. The van der Waals surface area contributed by atoms with Gasteiger partial charge < -0.3 is 14.3 Å². The van der Waals surface area contributed by atoms with Gasteiger partial charge in [0, 0.05) is 24.7 Å². The molecule has 4 rings (SSSR count). The van der Waals surface area contributed by atoms with E-state index in [2.05, 4.69) is 10.5 Å². The number of para-hydroxylation sites is 1. The zero-order valence-corrected chi connectivity index (χ0v) is 19.5. The lowest BCUT2D eigenvalue weighted by Gasteiger charge is -2.30. The summed E-state index contributed by atoms with van der Waals surface area (Å²) in [6, 6.07) is 11.2. The number of carbonyl (C=O) groups is 1. The summed E-state index contributed by atoms with van der Waals surface area (Å²) in [6.07, 6.45) is 6.41. The average Bonchev–Trinajstić information content (AvgIpc) is 3.47. The Balaban J connectivity index is 1.44. The molecule has 0 aliphatic carbocycles. The van der Waals surface area contributed by atoms with E-state index in [0.29, 0.717) is 24.3 Å². The molecule has 1 aromatic carbocycles. The number of hydrogen-bond donors (Lipinski definition) is 1. The summed E-state index contributed by atoms with van der Waals surface area (Å²) < 4.78 is 38.7. The molecule has 1 saturated heterocycles. The molecule has 1 amide bonds. The molecular formula is C24H27N3O5S. The lowest BCUT2D eigenvalue weighted by atomic mass is 9.97. The maximum Gasteiger partial charge on any atom is 0.248 e. The fraction of sp³-hybridized carbons (Fsp3) is 0.333. The molecule has 1 N–H and O–H groups in total. The van der Waals surface area contributed by atoms with Gasteiger partial charge in [0.25, 0.3) is 0 Å². The molecule has 174 valence electrons. The fourth-order valence-electron chi connectivity index (χ4n) is 4.02. The van der Waals surface area contributed by atoms with E-state index in [0.717, 1.165) is 17.7 Å². The summed E-state index contributed by atoms with van der Waals surface area (Å²) in [6.45, 7) is 4.15. The Bertz CT molecular complexity index is 1240. The molecule has 0 saturated carbocycles. The molecule has 9 heteroatoms. The van der Waals surface area contributed by atoms with Crippen LogP contribution in [0.3, 0.4) is 0 Å². The Morgan fingerprint density at radius 3 is 2.64 bits per heavy atom. The third kappa shape index (κ3) is 4.94. The zero-order chi connectivity index (χ0) is 23.4. The van der Waals surface area contributed by atoms with Crippen molar-refractivity contribution in [1.29, 1.82) is 0 Å². The predicted octanol–water partition coefficient (Wildman–Crippen LogP) is 4.35. The average molecular weight is 470 g/mol. The lowest BCUT2D eigenvalue weighted by Crippen LogP contribution is -2.41. The van der Waals surface area contributed by atoms with Gasteiger partial charge in [-0.15, -0.1) is 0 Å². The number of anilines is 1. The van der Waals surface area contributed by atoms with Gasteiger partial charge in [-0.1, -0.05) is 30.3 Å². The molecule has 0 unspecified atom stereocenters. The van der Waals surface area contributed by atoms with Crippen molar-refractivity contribution in [1.82, 2.24) is 9.46 Å². The molecule has 3 aromatic rings. The Morgan fingerprint density at radius 1 is 1.18 bits per heavy atom. The van der Waals surface area contributed by atoms with Gasteiger partial charge in [0.1, 0.15) is 11.5 Å². The van der Waals surface area contributed by atoms with Gasteiger partial charge in [0.05, 0.1) is 6.26 Å². The van der Waals surface area contributed by atoms with Gasteiger partial charge in [-0.3, -0.25) is 4.79 Å². The molecule has 1 fully saturated rings. The molecule has 8 nitrogen and oxygen atoms in total. The largest absolute Gasteiger partial charge is 0.465 e. The topological polar surface area (TPSA) is 106 Å². The van der Waals surface area contributed by atoms with Crippen molar-refractivity contribution in [3.8, 4) is 0 Å². The van der Waals surface area contributed by atoms with Crippen molar-refractivity contribution in [3.05, 3.63) is 65.4 Å². The number of aromatic nitrogens is 1. The predicted molar refractivity (Wildman–Crippen MR) is 125 cm³/mol. The van der Waals surface area contributed by atoms with Gasteiger partial charge >= 0.3 is 0 Å². The van der Waals surface area contributed by atoms with Crippen molar-refractivity contribution >= 4 is 33.8 Å². The Morgan fingerprint density at radius 2 is 1.94 bits per heavy atom. The van der Waals surface area contributed by atoms with Crippen LogP contribution in [0.1, 0.15) is 42.5 Å². The van der Waals surface area contributed by atoms with Crippen LogP contribution in [-0.4, -0.2) is 36.9 Å². The van der Waals surface area contributed by atoms with Gasteiger partial charge in [-0.2, -0.15) is 4.31 Å². The van der Waals surface area contributed by atoms with E-state index in [4.69, 9.17) is 8.94 Å². The number of furan rings is 1. The standard InChI is InChI=1S/C24H27N3O5S/c1-3-18-7-4-5-9-21(18)25-24(28)19-12-14-27(15-13-19)33(29,30)23-17(2)26-32-22(23)11-10-20-8-6-16-31-20/h4-11,16,19H,3,12-15H2,1-2H3,(H,25,28)/b11-10+.